The molecule has 0 aliphatic rings. The van der Waals surface area contributed by atoms with Gasteiger partial charge in [-0.05, 0) is 46.3 Å². The van der Waals surface area contributed by atoms with Crippen molar-refractivity contribution in [3.8, 4) is 0 Å². The van der Waals surface area contributed by atoms with Crippen LogP contribution in [0.3, 0.4) is 0 Å². The van der Waals surface area contributed by atoms with Crippen molar-refractivity contribution in [2.45, 2.75) is 9.79 Å². The van der Waals surface area contributed by atoms with Gasteiger partial charge in [0.2, 0.25) is 0 Å². The van der Waals surface area contributed by atoms with Gasteiger partial charge in [0, 0.05) is 32.2 Å². The number of nitrogens with zero attached hydrogens (tertiary/aromatic N) is 2. The van der Waals surface area contributed by atoms with Crippen molar-refractivity contribution in [1.29, 1.82) is 0 Å². The average Bonchev–Trinajstić information content (AvgIpc) is 2.41. The van der Waals surface area contributed by atoms with E-state index in [2.05, 4.69) is 26.1 Å². The van der Waals surface area contributed by atoms with Crippen molar-refractivity contribution in [3.63, 3.8) is 0 Å². The molecule has 3 N–H and O–H groups in total. The van der Waals surface area contributed by atoms with Crippen molar-refractivity contribution in [2.75, 3.05) is 0 Å². The molecule has 1 heterocycles. The van der Waals surface area contributed by atoms with Gasteiger partial charge in [0.05, 0.1) is 0 Å². The Labute approximate surface area is 117 Å². The van der Waals surface area contributed by atoms with Crippen LogP contribution in [0.1, 0.15) is 5.56 Å². The molecule has 1 aromatic heterocycles. The zero-order valence-corrected chi connectivity index (χ0v) is 11.6. The number of rotatable bonds is 3. The lowest BCUT2D eigenvalue weighted by molar-refractivity contribution is 0.318. The second kappa shape index (κ2) is 5.88. The molecule has 0 amide bonds. The molecule has 1 aromatic carbocycles. The molecule has 6 heteroatoms. The quantitative estimate of drug-likeness (QED) is 0.394. The number of oxime groups is 1. The van der Waals surface area contributed by atoms with E-state index in [1.807, 2.05) is 30.3 Å². The molecule has 0 bridgehead atoms. The monoisotopic (exact) mass is 323 g/mol. The largest absolute Gasteiger partial charge is 0.409 e. The van der Waals surface area contributed by atoms with Gasteiger partial charge in [-0.15, -0.1) is 0 Å². The Morgan fingerprint density at radius 3 is 2.61 bits per heavy atom. The van der Waals surface area contributed by atoms with E-state index in [1.54, 1.807) is 24.2 Å². The number of hydrogen-bond acceptors (Lipinski definition) is 4. The molecule has 2 rings (SSSR count). The lowest BCUT2D eigenvalue weighted by Gasteiger charge is -2.06. The molecule has 2 aromatic rings. The van der Waals surface area contributed by atoms with Crippen molar-refractivity contribution >= 4 is 33.5 Å². The lowest BCUT2D eigenvalue weighted by Crippen LogP contribution is -2.12. The molecule has 0 atom stereocenters. The van der Waals surface area contributed by atoms with Crippen LogP contribution in [-0.4, -0.2) is 16.0 Å². The van der Waals surface area contributed by atoms with E-state index < -0.39 is 0 Å². The normalized spacial score (nSPS) is 11.5. The summed E-state index contributed by atoms with van der Waals surface area (Å²) in [4.78, 5) is 6.12. The minimum Gasteiger partial charge on any atom is -0.409 e. The van der Waals surface area contributed by atoms with E-state index in [1.165, 1.54) is 0 Å². The fraction of sp³-hybridized carbons (Fsp3) is 0. The lowest BCUT2D eigenvalue weighted by atomic mass is 10.2. The van der Waals surface area contributed by atoms with Crippen LogP contribution in [0.15, 0.2) is 62.1 Å². The summed E-state index contributed by atoms with van der Waals surface area (Å²) in [6.45, 7) is 0. The maximum absolute atomic E-state index is 8.62. The average molecular weight is 324 g/mol. The fourth-order valence-corrected chi connectivity index (χ4v) is 2.76. The number of halogens is 1. The third kappa shape index (κ3) is 3.02. The molecule has 4 nitrogen and oxygen atoms in total. The maximum Gasteiger partial charge on any atom is 0.170 e. The van der Waals surface area contributed by atoms with E-state index in [0.29, 0.717) is 5.56 Å². The van der Waals surface area contributed by atoms with E-state index >= 15 is 0 Å². The summed E-state index contributed by atoms with van der Waals surface area (Å²) in [7, 11) is 0. The molecule has 0 aliphatic carbocycles. The molecule has 0 aliphatic heterocycles. The van der Waals surface area contributed by atoms with Crippen molar-refractivity contribution in [2.24, 2.45) is 10.9 Å². The SMILES string of the molecule is N/C(=N/O)c1ccc(Sc2ccncc2)c(Br)c1. The van der Waals surface area contributed by atoms with Gasteiger partial charge in [0.25, 0.3) is 0 Å². The van der Waals surface area contributed by atoms with E-state index in [9.17, 15) is 0 Å². The highest BCUT2D eigenvalue weighted by molar-refractivity contribution is 9.10. The number of hydrogen-bond donors (Lipinski definition) is 2. The topological polar surface area (TPSA) is 71.5 Å². The summed E-state index contributed by atoms with van der Waals surface area (Å²) < 4.78 is 0.897. The minimum absolute atomic E-state index is 0.0937. The Bertz CT molecular complexity index is 575. The molecule has 92 valence electrons. The van der Waals surface area contributed by atoms with Gasteiger partial charge >= 0.3 is 0 Å². The van der Waals surface area contributed by atoms with Gasteiger partial charge in [0.1, 0.15) is 0 Å². The second-order valence-electron chi connectivity index (χ2n) is 3.42. The number of benzene rings is 1. The van der Waals surface area contributed by atoms with Gasteiger partial charge in [-0.3, -0.25) is 4.98 Å². The van der Waals surface area contributed by atoms with Crippen LogP contribution in [0.25, 0.3) is 0 Å². The van der Waals surface area contributed by atoms with Crippen molar-refractivity contribution in [3.05, 3.63) is 52.8 Å². The summed E-state index contributed by atoms with van der Waals surface area (Å²) in [6.07, 6.45) is 3.50. The Kier molecular flexibility index (Phi) is 4.22. The number of pyridine rings is 1. The zero-order valence-electron chi connectivity index (χ0n) is 9.25. The summed E-state index contributed by atoms with van der Waals surface area (Å²) in [5.74, 6) is 0.0937. The fourth-order valence-electron chi connectivity index (χ4n) is 1.33. The molecular formula is C12H10BrN3OS. The molecule has 0 fully saturated rings. The number of nitrogens with two attached hydrogens (primary N) is 1. The Balaban J connectivity index is 2.26. The highest BCUT2D eigenvalue weighted by Crippen LogP contribution is 2.33. The summed E-state index contributed by atoms with van der Waals surface area (Å²) in [5.41, 5.74) is 6.20. The van der Waals surface area contributed by atoms with Crippen LogP contribution in [0.5, 0.6) is 0 Å². The maximum atomic E-state index is 8.62. The number of amidine groups is 1. The highest BCUT2D eigenvalue weighted by atomic mass is 79.9. The smallest absolute Gasteiger partial charge is 0.170 e. The predicted octanol–water partition coefficient (Wildman–Crippen LogP) is 3.09. The molecule has 0 saturated carbocycles. The predicted molar refractivity (Wildman–Crippen MR) is 75.0 cm³/mol. The second-order valence-corrected chi connectivity index (χ2v) is 5.39. The molecule has 0 radical (unpaired) electrons. The first-order valence-electron chi connectivity index (χ1n) is 5.06. The van der Waals surface area contributed by atoms with Crippen LogP contribution >= 0.6 is 27.7 Å². The Morgan fingerprint density at radius 2 is 2.00 bits per heavy atom. The number of aromatic nitrogens is 1. The van der Waals surface area contributed by atoms with Gasteiger partial charge in [-0.25, -0.2) is 0 Å². The van der Waals surface area contributed by atoms with Gasteiger partial charge < -0.3 is 10.9 Å². The Hall–Kier alpha value is -1.53. The van der Waals surface area contributed by atoms with Crippen molar-refractivity contribution in [1.82, 2.24) is 4.98 Å². The van der Waals surface area contributed by atoms with Crippen LogP contribution in [0.4, 0.5) is 0 Å². The van der Waals surface area contributed by atoms with Gasteiger partial charge in [0.15, 0.2) is 5.84 Å². The van der Waals surface area contributed by atoms with Gasteiger partial charge in [-0.1, -0.05) is 16.9 Å². The van der Waals surface area contributed by atoms with Crippen molar-refractivity contribution < 1.29 is 5.21 Å². The van der Waals surface area contributed by atoms with E-state index in [0.717, 1.165) is 14.3 Å². The molecule has 0 spiro atoms. The van der Waals surface area contributed by atoms with Crippen LogP contribution < -0.4 is 5.73 Å². The summed E-state index contributed by atoms with van der Waals surface area (Å²) in [6, 6.07) is 9.42. The first kappa shape index (κ1) is 12.9. The summed E-state index contributed by atoms with van der Waals surface area (Å²) >= 11 is 5.09. The standard InChI is InChI=1S/C12H10BrN3OS/c13-10-7-8(12(14)16-17)1-2-11(10)18-9-3-5-15-6-4-9/h1-7,17H,(H2,14,16). The van der Waals surface area contributed by atoms with Crippen LogP contribution in [0.2, 0.25) is 0 Å². The van der Waals surface area contributed by atoms with Crippen LogP contribution in [-0.2, 0) is 0 Å². The first-order valence-corrected chi connectivity index (χ1v) is 6.67. The third-order valence-corrected chi connectivity index (χ3v) is 4.22. The van der Waals surface area contributed by atoms with Crippen LogP contribution in [0, 0.1) is 0 Å². The van der Waals surface area contributed by atoms with E-state index in [-0.39, 0.29) is 5.84 Å². The first-order chi connectivity index (χ1) is 8.70. The molecular weight excluding hydrogens is 314 g/mol. The zero-order chi connectivity index (χ0) is 13.0. The highest BCUT2D eigenvalue weighted by Gasteiger charge is 2.06. The Morgan fingerprint density at radius 1 is 1.28 bits per heavy atom. The molecule has 0 unspecified atom stereocenters. The third-order valence-electron chi connectivity index (χ3n) is 2.21. The summed E-state index contributed by atoms with van der Waals surface area (Å²) in [5, 5.41) is 11.6. The molecule has 18 heavy (non-hydrogen) atoms. The molecule has 0 saturated heterocycles. The van der Waals surface area contributed by atoms with E-state index in [4.69, 9.17) is 10.9 Å². The minimum atomic E-state index is 0.0937. The van der Waals surface area contributed by atoms with Gasteiger partial charge in [-0.2, -0.15) is 0 Å².